The Labute approximate surface area is 122 Å². The molecule has 1 aromatic rings. The Morgan fingerprint density at radius 2 is 2.25 bits per heavy atom. The first-order valence-corrected chi connectivity index (χ1v) is 7.89. The lowest BCUT2D eigenvalue weighted by Gasteiger charge is -2.15. The Bertz CT molecular complexity index is 475. The van der Waals surface area contributed by atoms with E-state index < -0.39 is 5.97 Å². The van der Waals surface area contributed by atoms with Crippen LogP contribution >= 0.6 is 11.8 Å². The molecule has 0 radical (unpaired) electrons. The molecule has 1 aliphatic rings. The maximum Gasteiger partial charge on any atom is 0.313 e. The Balaban J connectivity index is 2.20. The van der Waals surface area contributed by atoms with E-state index in [1.807, 2.05) is 4.57 Å². The predicted molar refractivity (Wildman–Crippen MR) is 75.7 cm³/mol. The van der Waals surface area contributed by atoms with Gasteiger partial charge >= 0.3 is 5.97 Å². The van der Waals surface area contributed by atoms with E-state index in [0.717, 1.165) is 25.2 Å². The molecule has 1 aliphatic heterocycles. The van der Waals surface area contributed by atoms with Gasteiger partial charge in [-0.2, -0.15) is 0 Å². The summed E-state index contributed by atoms with van der Waals surface area (Å²) in [5, 5.41) is 17.8. The SMILES string of the molecule is CC(C)Cn1c(SCC(=O)O)nnc1C1CCC(C)O1. The zero-order valence-electron chi connectivity index (χ0n) is 12.1. The highest BCUT2D eigenvalue weighted by Gasteiger charge is 2.29. The topological polar surface area (TPSA) is 77.2 Å². The maximum absolute atomic E-state index is 10.7. The van der Waals surface area contributed by atoms with Crippen molar-refractivity contribution in [2.45, 2.75) is 57.5 Å². The first-order chi connectivity index (χ1) is 9.47. The van der Waals surface area contributed by atoms with Gasteiger partial charge in [-0.05, 0) is 25.7 Å². The molecule has 2 heterocycles. The molecular weight excluding hydrogens is 278 g/mol. The third-order valence-electron chi connectivity index (χ3n) is 3.14. The number of carboxylic acid groups (broad SMARTS) is 1. The molecule has 1 saturated heterocycles. The molecule has 7 heteroatoms. The molecular formula is C13H21N3O3S. The lowest BCUT2D eigenvalue weighted by Crippen LogP contribution is -2.14. The fourth-order valence-electron chi connectivity index (χ4n) is 2.30. The zero-order chi connectivity index (χ0) is 14.7. The second-order valence-electron chi connectivity index (χ2n) is 5.54. The average Bonchev–Trinajstić information content (AvgIpc) is 2.93. The summed E-state index contributed by atoms with van der Waals surface area (Å²) in [5.74, 6) is 0.420. The van der Waals surface area contributed by atoms with Crippen LogP contribution in [-0.2, 0) is 16.1 Å². The molecule has 0 spiro atoms. The molecule has 2 atom stereocenters. The number of carbonyl (C=O) groups is 1. The largest absolute Gasteiger partial charge is 0.481 e. The van der Waals surface area contributed by atoms with Gasteiger partial charge in [0.25, 0.3) is 0 Å². The normalized spacial score (nSPS) is 22.6. The summed E-state index contributed by atoms with van der Waals surface area (Å²) in [7, 11) is 0. The first kappa shape index (κ1) is 15.3. The molecule has 0 aromatic carbocycles. The van der Waals surface area contributed by atoms with Gasteiger partial charge in [0.15, 0.2) is 11.0 Å². The summed E-state index contributed by atoms with van der Waals surface area (Å²) < 4.78 is 7.87. The minimum absolute atomic E-state index is 0.00183. The molecule has 0 saturated carbocycles. The molecule has 1 fully saturated rings. The van der Waals surface area contributed by atoms with E-state index in [1.54, 1.807) is 0 Å². The van der Waals surface area contributed by atoms with Crippen molar-refractivity contribution in [2.75, 3.05) is 5.75 Å². The third-order valence-corrected chi connectivity index (χ3v) is 4.09. The van der Waals surface area contributed by atoms with Crippen molar-refractivity contribution < 1.29 is 14.6 Å². The van der Waals surface area contributed by atoms with Crippen molar-refractivity contribution in [1.29, 1.82) is 0 Å². The predicted octanol–water partition coefficient (Wildman–Crippen LogP) is 2.35. The summed E-state index contributed by atoms with van der Waals surface area (Å²) in [4.78, 5) is 10.7. The number of rotatable bonds is 6. The van der Waals surface area contributed by atoms with Crippen LogP contribution < -0.4 is 0 Å². The quantitative estimate of drug-likeness (QED) is 0.812. The smallest absolute Gasteiger partial charge is 0.313 e. The van der Waals surface area contributed by atoms with Crippen molar-refractivity contribution in [1.82, 2.24) is 14.8 Å². The van der Waals surface area contributed by atoms with Gasteiger partial charge in [-0.3, -0.25) is 4.79 Å². The van der Waals surface area contributed by atoms with Crippen molar-refractivity contribution in [2.24, 2.45) is 5.92 Å². The van der Waals surface area contributed by atoms with Crippen LogP contribution in [-0.4, -0.2) is 37.7 Å². The van der Waals surface area contributed by atoms with Gasteiger partial charge in [-0.25, -0.2) is 0 Å². The molecule has 1 N–H and O–H groups in total. The second kappa shape index (κ2) is 6.58. The summed E-state index contributed by atoms with van der Waals surface area (Å²) in [6.07, 6.45) is 2.20. The minimum atomic E-state index is -0.846. The molecule has 1 aromatic heterocycles. The van der Waals surface area contributed by atoms with Crippen LogP contribution in [0.5, 0.6) is 0 Å². The fourth-order valence-corrected chi connectivity index (χ4v) is 2.98. The zero-order valence-corrected chi connectivity index (χ0v) is 12.9. The Kier molecular flexibility index (Phi) is 5.04. The standard InChI is InChI=1S/C13H21N3O3S/c1-8(2)6-16-12(10-5-4-9(3)19-10)14-15-13(16)20-7-11(17)18/h8-10H,4-7H2,1-3H3,(H,17,18). The van der Waals surface area contributed by atoms with Crippen LogP contribution in [0.25, 0.3) is 0 Å². The van der Waals surface area contributed by atoms with Crippen LogP contribution in [0.2, 0.25) is 0 Å². The number of nitrogens with zero attached hydrogens (tertiary/aromatic N) is 3. The number of hydrogen-bond acceptors (Lipinski definition) is 5. The average molecular weight is 299 g/mol. The van der Waals surface area contributed by atoms with Crippen molar-refractivity contribution >= 4 is 17.7 Å². The first-order valence-electron chi connectivity index (χ1n) is 6.90. The van der Waals surface area contributed by atoms with Gasteiger partial charge in [-0.15, -0.1) is 10.2 Å². The van der Waals surface area contributed by atoms with Crippen LogP contribution in [0.4, 0.5) is 0 Å². The Morgan fingerprint density at radius 3 is 2.80 bits per heavy atom. The van der Waals surface area contributed by atoms with E-state index in [0.29, 0.717) is 11.1 Å². The molecule has 0 amide bonds. The molecule has 2 rings (SSSR count). The van der Waals surface area contributed by atoms with Gasteiger partial charge in [-0.1, -0.05) is 25.6 Å². The van der Waals surface area contributed by atoms with Crippen LogP contribution in [0.15, 0.2) is 5.16 Å². The van der Waals surface area contributed by atoms with E-state index in [4.69, 9.17) is 9.84 Å². The third kappa shape index (κ3) is 3.73. The number of aromatic nitrogens is 3. The second-order valence-corrected chi connectivity index (χ2v) is 6.48. The van der Waals surface area contributed by atoms with E-state index in [1.165, 1.54) is 11.8 Å². The summed E-state index contributed by atoms with van der Waals surface area (Å²) >= 11 is 1.21. The monoisotopic (exact) mass is 299 g/mol. The summed E-state index contributed by atoms with van der Waals surface area (Å²) in [5.41, 5.74) is 0. The van der Waals surface area contributed by atoms with Gasteiger partial charge < -0.3 is 14.4 Å². The molecule has 20 heavy (non-hydrogen) atoms. The Morgan fingerprint density at radius 1 is 1.50 bits per heavy atom. The lowest BCUT2D eigenvalue weighted by molar-refractivity contribution is -0.133. The van der Waals surface area contributed by atoms with Gasteiger partial charge in [0.1, 0.15) is 6.10 Å². The molecule has 0 aliphatic carbocycles. The van der Waals surface area contributed by atoms with Crippen LogP contribution in [0.1, 0.15) is 45.5 Å². The lowest BCUT2D eigenvalue weighted by atomic mass is 10.2. The van der Waals surface area contributed by atoms with Crippen molar-refractivity contribution in [3.05, 3.63) is 5.82 Å². The maximum atomic E-state index is 10.7. The van der Waals surface area contributed by atoms with Gasteiger partial charge in [0, 0.05) is 6.54 Å². The van der Waals surface area contributed by atoms with E-state index in [-0.39, 0.29) is 18.0 Å². The molecule has 112 valence electrons. The highest BCUT2D eigenvalue weighted by molar-refractivity contribution is 7.99. The number of thioether (sulfide) groups is 1. The number of ether oxygens (including phenoxy) is 1. The number of aliphatic carboxylic acids is 1. The molecule has 0 bridgehead atoms. The van der Waals surface area contributed by atoms with Crippen molar-refractivity contribution in [3.63, 3.8) is 0 Å². The highest BCUT2D eigenvalue weighted by Crippen LogP contribution is 2.33. The number of carboxylic acids is 1. The minimum Gasteiger partial charge on any atom is -0.481 e. The van der Waals surface area contributed by atoms with Crippen LogP contribution in [0, 0.1) is 5.92 Å². The summed E-state index contributed by atoms with van der Waals surface area (Å²) in [6, 6.07) is 0. The van der Waals surface area contributed by atoms with Gasteiger partial charge in [0.2, 0.25) is 0 Å². The van der Waals surface area contributed by atoms with Gasteiger partial charge in [0.05, 0.1) is 11.9 Å². The molecule has 2 unspecified atom stereocenters. The fraction of sp³-hybridized carbons (Fsp3) is 0.769. The van der Waals surface area contributed by atoms with E-state index in [9.17, 15) is 4.79 Å². The molecule has 6 nitrogen and oxygen atoms in total. The summed E-state index contributed by atoms with van der Waals surface area (Å²) in [6.45, 7) is 7.07. The number of hydrogen-bond donors (Lipinski definition) is 1. The highest BCUT2D eigenvalue weighted by atomic mass is 32.2. The van der Waals surface area contributed by atoms with Crippen molar-refractivity contribution in [3.8, 4) is 0 Å². The van der Waals surface area contributed by atoms with E-state index in [2.05, 4.69) is 31.0 Å². The Hall–Kier alpha value is -1.08. The van der Waals surface area contributed by atoms with E-state index >= 15 is 0 Å². The van der Waals surface area contributed by atoms with Crippen LogP contribution in [0.3, 0.4) is 0 Å².